The molecule has 3 aromatic heterocycles. The highest BCUT2D eigenvalue weighted by atomic mass is 32.1. The normalized spacial score (nSPS) is 15.3. The number of fused-ring (bicyclic) bond motifs is 6. The van der Waals surface area contributed by atoms with Gasteiger partial charge in [0.25, 0.3) is 0 Å². The Morgan fingerprint density at radius 2 is 1.02 bits per heavy atom. The summed E-state index contributed by atoms with van der Waals surface area (Å²) in [5, 5.41) is 4.73. The molecule has 1 aliphatic carbocycles. The van der Waals surface area contributed by atoms with Crippen LogP contribution in [0, 0.1) is 0 Å². The quantitative estimate of drug-likeness (QED) is 0.161. The van der Waals surface area contributed by atoms with Crippen molar-refractivity contribution in [2.24, 2.45) is 0 Å². The van der Waals surface area contributed by atoms with Crippen LogP contribution in [0.1, 0.15) is 30.3 Å². The van der Waals surface area contributed by atoms with E-state index in [0.717, 1.165) is 72.9 Å². The highest BCUT2D eigenvalue weighted by Gasteiger charge is 2.34. The summed E-state index contributed by atoms with van der Waals surface area (Å²) in [5.41, 5.74) is 12.1. The van der Waals surface area contributed by atoms with Gasteiger partial charge in [0.2, 0.25) is 0 Å². The van der Waals surface area contributed by atoms with Crippen LogP contribution < -0.4 is 0 Å². The minimum Gasteiger partial charge on any atom is -0.456 e. The molecule has 11 aromatic rings. The number of benzene rings is 8. The van der Waals surface area contributed by atoms with Crippen LogP contribution >= 0.6 is 11.3 Å². The molecule has 0 N–H and O–H groups in total. The number of hydrogen-bond donors (Lipinski definition) is 0. The fourth-order valence-corrected chi connectivity index (χ4v) is 10.5. The second kappa shape index (κ2) is 15.0. The lowest BCUT2D eigenvalue weighted by atomic mass is 9.71. The number of para-hydroxylation sites is 2. The first-order valence-corrected chi connectivity index (χ1v) is 22.2. The SMILES string of the molecule is C[C@@]1(c2cccc3c2oc2ccccc23)C=C(c2nc(-c3cc(-c4ccccc4)cc(-c4ccccc4)c3)nc(-c3ccc4c(c3)sc3ccccc34)n2)C=C(c2ccccc2)C1. The van der Waals surface area contributed by atoms with Crippen molar-refractivity contribution >= 4 is 64.6 Å². The molecule has 0 radical (unpaired) electrons. The van der Waals surface area contributed by atoms with E-state index >= 15 is 0 Å². The second-order valence-electron chi connectivity index (χ2n) is 16.7. The van der Waals surface area contributed by atoms with Gasteiger partial charge in [0, 0.05) is 58.6 Å². The summed E-state index contributed by atoms with van der Waals surface area (Å²) in [5.74, 6) is 1.86. The van der Waals surface area contributed by atoms with Gasteiger partial charge in [-0.25, -0.2) is 15.0 Å². The first-order chi connectivity index (χ1) is 31.0. The molecule has 12 rings (SSSR count). The zero-order valence-corrected chi connectivity index (χ0v) is 35.3. The summed E-state index contributed by atoms with van der Waals surface area (Å²) < 4.78 is 9.16. The Morgan fingerprint density at radius 3 is 1.75 bits per heavy atom. The van der Waals surface area contributed by atoms with E-state index in [0.29, 0.717) is 17.5 Å². The van der Waals surface area contributed by atoms with Crippen molar-refractivity contribution in [3.05, 3.63) is 223 Å². The fraction of sp³-hybridized carbons (Fsp3) is 0.0517. The van der Waals surface area contributed by atoms with E-state index in [1.54, 1.807) is 11.3 Å². The summed E-state index contributed by atoms with van der Waals surface area (Å²) >= 11 is 1.80. The first-order valence-electron chi connectivity index (χ1n) is 21.4. The fourth-order valence-electron chi connectivity index (χ4n) is 9.39. The van der Waals surface area contributed by atoms with E-state index in [1.165, 1.54) is 31.3 Å². The van der Waals surface area contributed by atoms with E-state index in [2.05, 4.69) is 207 Å². The maximum absolute atomic E-state index is 6.70. The lowest BCUT2D eigenvalue weighted by molar-refractivity contribution is 0.589. The van der Waals surface area contributed by atoms with Crippen LogP contribution in [0.3, 0.4) is 0 Å². The van der Waals surface area contributed by atoms with E-state index in [1.807, 2.05) is 6.07 Å². The van der Waals surface area contributed by atoms with Gasteiger partial charge in [-0.15, -0.1) is 11.3 Å². The van der Waals surface area contributed by atoms with E-state index in [9.17, 15) is 0 Å². The molecule has 5 heteroatoms. The Bertz CT molecular complexity index is 3550. The number of rotatable bonds is 7. The number of allylic oxidation sites excluding steroid dienone is 4. The first kappa shape index (κ1) is 37.1. The molecule has 0 saturated heterocycles. The van der Waals surface area contributed by atoms with Gasteiger partial charge in [0.15, 0.2) is 17.5 Å². The van der Waals surface area contributed by atoms with Crippen LogP contribution in [0.2, 0.25) is 0 Å². The zero-order chi connectivity index (χ0) is 41.9. The van der Waals surface area contributed by atoms with Gasteiger partial charge >= 0.3 is 0 Å². The number of hydrogen-bond acceptors (Lipinski definition) is 5. The predicted molar refractivity (Wildman–Crippen MR) is 263 cm³/mol. The van der Waals surface area contributed by atoms with Gasteiger partial charge in [-0.3, -0.25) is 0 Å². The molecule has 8 aromatic carbocycles. The van der Waals surface area contributed by atoms with E-state index < -0.39 is 5.41 Å². The van der Waals surface area contributed by atoms with Crippen molar-refractivity contribution < 1.29 is 4.42 Å². The van der Waals surface area contributed by atoms with Crippen molar-refractivity contribution in [3.63, 3.8) is 0 Å². The van der Waals surface area contributed by atoms with Crippen LogP contribution in [0.15, 0.2) is 211 Å². The maximum Gasteiger partial charge on any atom is 0.164 e. The lowest BCUT2D eigenvalue weighted by Gasteiger charge is -2.32. The minimum atomic E-state index is -0.473. The Labute approximate surface area is 369 Å². The molecular weight excluding hydrogens is 787 g/mol. The average Bonchev–Trinajstić information content (AvgIpc) is 3.92. The standard InChI is InChI=1S/C58H39N3OS/c1-58(50-25-15-24-49-46-22-11-13-26-51(46)62-54(49)50)35-44(39-20-9-4-10-21-39)33-45(36-58)57-60-55(40-28-29-48-47-23-12-14-27-52(47)63-53(48)34-40)59-56(61-57)43-31-41(37-16-5-2-6-17-37)30-42(32-43)38-18-7-3-8-19-38/h2-34,36H,35H2,1H3/t58-/m0/s1. The molecule has 0 unspecified atom stereocenters. The summed E-state index contributed by atoms with van der Waals surface area (Å²) in [4.78, 5) is 16.2. The van der Waals surface area contributed by atoms with Crippen molar-refractivity contribution in [2.45, 2.75) is 18.8 Å². The zero-order valence-electron chi connectivity index (χ0n) is 34.5. The van der Waals surface area contributed by atoms with Crippen molar-refractivity contribution in [1.29, 1.82) is 0 Å². The van der Waals surface area contributed by atoms with Gasteiger partial charge in [0.05, 0.1) is 0 Å². The largest absolute Gasteiger partial charge is 0.456 e. The minimum absolute atomic E-state index is 0.473. The predicted octanol–water partition coefficient (Wildman–Crippen LogP) is 15.6. The number of furan rings is 1. The molecule has 63 heavy (non-hydrogen) atoms. The maximum atomic E-state index is 6.70. The molecule has 3 heterocycles. The van der Waals surface area contributed by atoms with Gasteiger partial charge in [-0.2, -0.15) is 0 Å². The monoisotopic (exact) mass is 825 g/mol. The number of thiophene rings is 1. The number of nitrogens with zero attached hydrogens (tertiary/aromatic N) is 3. The summed E-state index contributed by atoms with van der Waals surface area (Å²) in [6.07, 6.45) is 5.41. The highest BCUT2D eigenvalue weighted by Crippen LogP contribution is 2.47. The smallest absolute Gasteiger partial charge is 0.164 e. The molecule has 0 bridgehead atoms. The van der Waals surface area contributed by atoms with Crippen LogP contribution in [0.4, 0.5) is 0 Å². The molecule has 0 saturated carbocycles. The Balaban J connectivity index is 1.10. The van der Waals surface area contributed by atoms with Gasteiger partial charge < -0.3 is 4.42 Å². The summed E-state index contributed by atoms with van der Waals surface area (Å²) in [7, 11) is 0. The Morgan fingerprint density at radius 1 is 0.444 bits per heavy atom. The molecule has 1 aliphatic rings. The van der Waals surface area contributed by atoms with Crippen molar-refractivity contribution in [2.75, 3.05) is 0 Å². The molecular formula is C58H39N3OS. The molecule has 1 atom stereocenters. The van der Waals surface area contributed by atoms with Crippen LogP contribution in [-0.4, -0.2) is 15.0 Å². The summed E-state index contributed by atoms with van der Waals surface area (Å²) in [6.45, 7) is 2.32. The van der Waals surface area contributed by atoms with E-state index in [4.69, 9.17) is 19.4 Å². The van der Waals surface area contributed by atoms with Gasteiger partial charge in [0.1, 0.15) is 11.2 Å². The third-order valence-electron chi connectivity index (χ3n) is 12.5. The topological polar surface area (TPSA) is 51.8 Å². The van der Waals surface area contributed by atoms with Crippen LogP contribution in [0.5, 0.6) is 0 Å². The highest BCUT2D eigenvalue weighted by molar-refractivity contribution is 7.25. The molecule has 0 spiro atoms. The summed E-state index contributed by atoms with van der Waals surface area (Å²) in [6, 6.07) is 68.5. The van der Waals surface area contributed by atoms with Crippen LogP contribution in [0.25, 0.3) is 98.3 Å². The van der Waals surface area contributed by atoms with E-state index in [-0.39, 0.29) is 0 Å². The molecule has 4 nitrogen and oxygen atoms in total. The van der Waals surface area contributed by atoms with Gasteiger partial charge in [-0.05, 0) is 82.3 Å². The molecule has 0 aliphatic heterocycles. The Kier molecular flexibility index (Phi) is 8.83. The average molecular weight is 826 g/mol. The molecule has 298 valence electrons. The van der Waals surface area contributed by atoms with Crippen molar-refractivity contribution in [1.82, 2.24) is 15.0 Å². The lowest BCUT2D eigenvalue weighted by Crippen LogP contribution is -2.23. The third kappa shape index (κ3) is 6.65. The molecule has 0 amide bonds. The third-order valence-corrected chi connectivity index (χ3v) is 13.6. The number of aromatic nitrogens is 3. The van der Waals surface area contributed by atoms with Gasteiger partial charge in [-0.1, -0.05) is 171 Å². The molecule has 0 fully saturated rings. The second-order valence-corrected chi connectivity index (χ2v) is 17.7. The Hall–Kier alpha value is -7.73. The van der Waals surface area contributed by atoms with Crippen molar-refractivity contribution in [3.8, 4) is 45.0 Å². The van der Waals surface area contributed by atoms with Crippen LogP contribution in [-0.2, 0) is 5.41 Å².